The van der Waals surface area contributed by atoms with Crippen LogP contribution in [0, 0.1) is 6.92 Å². The number of aromatic amines is 1. The van der Waals surface area contributed by atoms with Crippen molar-refractivity contribution in [1.82, 2.24) is 20.3 Å². The van der Waals surface area contributed by atoms with Crippen LogP contribution in [0.4, 0.5) is 0 Å². The summed E-state index contributed by atoms with van der Waals surface area (Å²) in [5.41, 5.74) is 3.40. The van der Waals surface area contributed by atoms with Crippen molar-refractivity contribution in [3.05, 3.63) is 58.6 Å². The molecule has 5 nitrogen and oxygen atoms in total. The molecule has 6 heteroatoms. The lowest BCUT2D eigenvalue weighted by molar-refractivity contribution is 0.0950. The molecular formula is C15H13ClN4O. The number of nitrogens with zero attached hydrogens (tertiary/aromatic N) is 2. The van der Waals surface area contributed by atoms with Gasteiger partial charge in [0.25, 0.3) is 5.91 Å². The second-order valence-electron chi connectivity index (χ2n) is 4.74. The molecule has 0 saturated heterocycles. The van der Waals surface area contributed by atoms with Gasteiger partial charge in [-0.3, -0.25) is 9.78 Å². The molecular weight excluding hydrogens is 288 g/mol. The number of carbonyl (C=O) groups is 1. The molecule has 1 amide bonds. The Morgan fingerprint density at radius 3 is 3.05 bits per heavy atom. The molecule has 0 fully saturated rings. The molecule has 3 rings (SSSR count). The Kier molecular flexibility index (Phi) is 3.58. The molecule has 0 aliphatic heterocycles. The van der Waals surface area contributed by atoms with Gasteiger partial charge in [0.15, 0.2) is 0 Å². The first kappa shape index (κ1) is 13.6. The summed E-state index contributed by atoms with van der Waals surface area (Å²) in [5.74, 6) is 0.452. The predicted octanol–water partition coefficient (Wildman–Crippen LogP) is 2.85. The summed E-state index contributed by atoms with van der Waals surface area (Å²) in [5, 5.41) is 3.12. The Hall–Kier alpha value is -2.40. The van der Waals surface area contributed by atoms with Crippen molar-refractivity contribution in [3.8, 4) is 0 Å². The fraction of sp³-hybridized carbons (Fsp3) is 0.133. The van der Waals surface area contributed by atoms with Crippen molar-refractivity contribution in [2.24, 2.45) is 0 Å². The molecule has 106 valence electrons. The van der Waals surface area contributed by atoms with Crippen LogP contribution in [0.15, 0.2) is 36.7 Å². The summed E-state index contributed by atoms with van der Waals surface area (Å²) in [6.45, 7) is 2.33. The van der Waals surface area contributed by atoms with E-state index in [1.54, 1.807) is 6.07 Å². The number of pyridine rings is 1. The third kappa shape index (κ3) is 2.87. The van der Waals surface area contributed by atoms with E-state index in [4.69, 9.17) is 11.6 Å². The maximum Gasteiger partial charge on any atom is 0.253 e. The lowest BCUT2D eigenvalue weighted by atomic mass is 10.2. The zero-order valence-corrected chi connectivity index (χ0v) is 12.1. The quantitative estimate of drug-likeness (QED) is 0.781. The van der Waals surface area contributed by atoms with Crippen LogP contribution in [0.25, 0.3) is 11.0 Å². The number of aryl methyl sites for hydroxylation is 1. The van der Waals surface area contributed by atoms with Crippen LogP contribution in [-0.2, 0) is 6.54 Å². The van der Waals surface area contributed by atoms with E-state index in [1.165, 1.54) is 12.4 Å². The van der Waals surface area contributed by atoms with Crippen LogP contribution >= 0.6 is 11.6 Å². The lowest BCUT2D eigenvalue weighted by Gasteiger charge is -2.04. The summed E-state index contributed by atoms with van der Waals surface area (Å²) >= 11 is 5.94. The van der Waals surface area contributed by atoms with Crippen molar-refractivity contribution in [3.63, 3.8) is 0 Å². The highest BCUT2D eigenvalue weighted by Gasteiger charge is 2.10. The van der Waals surface area contributed by atoms with Gasteiger partial charge in [-0.15, -0.1) is 0 Å². The summed E-state index contributed by atoms with van der Waals surface area (Å²) in [6.07, 6.45) is 2.98. The van der Waals surface area contributed by atoms with E-state index in [1.807, 2.05) is 25.1 Å². The Morgan fingerprint density at radius 2 is 2.24 bits per heavy atom. The minimum atomic E-state index is -0.251. The van der Waals surface area contributed by atoms with Crippen LogP contribution in [-0.4, -0.2) is 20.9 Å². The molecule has 0 bridgehead atoms. The first-order valence-corrected chi connectivity index (χ1v) is 6.84. The van der Waals surface area contributed by atoms with E-state index in [0.717, 1.165) is 16.6 Å². The Balaban J connectivity index is 1.74. The third-order valence-electron chi connectivity index (χ3n) is 3.12. The maximum absolute atomic E-state index is 12.0. The van der Waals surface area contributed by atoms with Crippen LogP contribution < -0.4 is 5.32 Å². The molecule has 2 N–H and O–H groups in total. The number of halogens is 1. The summed E-state index contributed by atoms with van der Waals surface area (Å²) in [7, 11) is 0. The van der Waals surface area contributed by atoms with Crippen molar-refractivity contribution < 1.29 is 4.79 Å². The van der Waals surface area contributed by atoms with Gasteiger partial charge in [-0.2, -0.15) is 0 Å². The van der Waals surface area contributed by atoms with Crippen LogP contribution in [0.1, 0.15) is 21.7 Å². The van der Waals surface area contributed by atoms with Crippen LogP contribution in [0.2, 0.25) is 5.02 Å². The molecule has 21 heavy (non-hydrogen) atoms. The van der Waals surface area contributed by atoms with Gasteiger partial charge in [0.1, 0.15) is 5.82 Å². The first-order chi connectivity index (χ1) is 10.1. The van der Waals surface area contributed by atoms with E-state index in [9.17, 15) is 4.79 Å². The zero-order valence-electron chi connectivity index (χ0n) is 11.4. The minimum absolute atomic E-state index is 0.251. The van der Waals surface area contributed by atoms with Gasteiger partial charge in [0.2, 0.25) is 0 Å². The number of fused-ring (bicyclic) bond motifs is 1. The van der Waals surface area contributed by atoms with Crippen molar-refractivity contribution in [1.29, 1.82) is 0 Å². The smallest absolute Gasteiger partial charge is 0.253 e. The molecule has 2 aromatic heterocycles. The number of hydrogen-bond donors (Lipinski definition) is 2. The summed E-state index contributed by atoms with van der Waals surface area (Å²) < 4.78 is 0. The Bertz CT molecular complexity index is 812. The molecule has 0 unspecified atom stereocenters. The third-order valence-corrected chi connectivity index (χ3v) is 3.42. The van der Waals surface area contributed by atoms with E-state index >= 15 is 0 Å². The van der Waals surface area contributed by atoms with Gasteiger partial charge in [-0.05, 0) is 30.7 Å². The van der Waals surface area contributed by atoms with Crippen molar-refractivity contribution in [2.45, 2.75) is 13.5 Å². The largest absolute Gasteiger partial charge is 0.345 e. The number of rotatable bonds is 3. The first-order valence-electron chi connectivity index (χ1n) is 6.46. The highest BCUT2D eigenvalue weighted by molar-refractivity contribution is 6.33. The van der Waals surface area contributed by atoms with Crippen LogP contribution in [0.5, 0.6) is 0 Å². The van der Waals surface area contributed by atoms with Gasteiger partial charge in [-0.25, -0.2) is 4.98 Å². The van der Waals surface area contributed by atoms with E-state index < -0.39 is 0 Å². The fourth-order valence-corrected chi connectivity index (χ4v) is 2.28. The van der Waals surface area contributed by atoms with Gasteiger partial charge >= 0.3 is 0 Å². The SMILES string of the molecule is Cc1ccc2nc(CNC(=O)c3ccncc3Cl)[nH]c2c1. The molecule has 0 radical (unpaired) electrons. The second-order valence-corrected chi connectivity index (χ2v) is 5.15. The molecule has 2 heterocycles. The lowest BCUT2D eigenvalue weighted by Crippen LogP contribution is -2.23. The van der Waals surface area contributed by atoms with E-state index in [-0.39, 0.29) is 5.91 Å². The van der Waals surface area contributed by atoms with Crippen LogP contribution in [0.3, 0.4) is 0 Å². The molecule has 3 aromatic rings. The number of aromatic nitrogens is 3. The molecule has 1 aromatic carbocycles. The predicted molar refractivity (Wildman–Crippen MR) is 81.2 cm³/mol. The number of carbonyl (C=O) groups excluding carboxylic acids is 1. The van der Waals surface area contributed by atoms with Gasteiger partial charge < -0.3 is 10.3 Å². The average molecular weight is 301 g/mol. The molecule has 0 spiro atoms. The summed E-state index contributed by atoms with van der Waals surface area (Å²) in [6, 6.07) is 7.56. The minimum Gasteiger partial charge on any atom is -0.345 e. The number of H-pyrrole nitrogens is 1. The number of imidazole rings is 1. The number of amides is 1. The maximum atomic E-state index is 12.0. The second kappa shape index (κ2) is 5.54. The molecule has 0 saturated carbocycles. The monoisotopic (exact) mass is 300 g/mol. The number of nitrogens with one attached hydrogen (secondary N) is 2. The Labute approximate surface area is 126 Å². The van der Waals surface area contributed by atoms with Gasteiger partial charge in [-0.1, -0.05) is 17.7 Å². The fourth-order valence-electron chi connectivity index (χ4n) is 2.08. The number of hydrogen-bond acceptors (Lipinski definition) is 3. The van der Waals surface area contributed by atoms with Gasteiger partial charge in [0.05, 0.1) is 28.2 Å². The zero-order chi connectivity index (χ0) is 14.8. The highest BCUT2D eigenvalue weighted by atomic mass is 35.5. The highest BCUT2D eigenvalue weighted by Crippen LogP contribution is 2.15. The van der Waals surface area contributed by atoms with Crippen molar-refractivity contribution in [2.75, 3.05) is 0 Å². The topological polar surface area (TPSA) is 70.7 Å². The molecule has 0 atom stereocenters. The van der Waals surface area contributed by atoms with Gasteiger partial charge in [0, 0.05) is 12.4 Å². The van der Waals surface area contributed by atoms with E-state index in [0.29, 0.717) is 23.0 Å². The Morgan fingerprint density at radius 1 is 1.38 bits per heavy atom. The summed E-state index contributed by atoms with van der Waals surface area (Å²) in [4.78, 5) is 23.5. The normalized spacial score (nSPS) is 10.8. The van der Waals surface area contributed by atoms with E-state index in [2.05, 4.69) is 20.3 Å². The number of benzene rings is 1. The van der Waals surface area contributed by atoms with Crippen molar-refractivity contribution >= 4 is 28.5 Å². The average Bonchev–Trinajstić information content (AvgIpc) is 2.87. The molecule has 0 aliphatic rings. The molecule has 0 aliphatic carbocycles. The standard InChI is InChI=1S/C15H13ClN4O/c1-9-2-3-12-13(6-9)20-14(19-12)8-18-15(21)10-4-5-17-7-11(10)16/h2-7H,8H2,1H3,(H,18,21)(H,19,20).